The third-order valence-corrected chi connectivity index (χ3v) is 6.30. The molecule has 0 saturated carbocycles. The number of carbonyl (C=O) groups is 2. The van der Waals surface area contributed by atoms with Crippen LogP contribution in [0.3, 0.4) is 0 Å². The van der Waals surface area contributed by atoms with Gasteiger partial charge >= 0.3 is 11.9 Å². The normalized spacial score (nSPS) is 11.1. The average Bonchev–Trinajstić information content (AvgIpc) is 2.81. The van der Waals surface area contributed by atoms with Gasteiger partial charge in [-0.25, -0.2) is 0 Å². The summed E-state index contributed by atoms with van der Waals surface area (Å²) in [4.78, 5) is 25.0. The Hall–Kier alpha value is -2.36. The van der Waals surface area contributed by atoms with Gasteiger partial charge in [-0.1, -0.05) is 95.8 Å². The van der Waals surface area contributed by atoms with E-state index in [1.54, 1.807) is 0 Å². The van der Waals surface area contributed by atoms with Gasteiger partial charge in [0.25, 0.3) is 0 Å². The molecule has 0 fully saturated rings. The van der Waals surface area contributed by atoms with Gasteiger partial charge in [-0.15, -0.1) is 0 Å². The standard InChI is InChI=1S/C30H44O4/c1-5-7-9-11-13-15-17-28(31)33-27-22-24(4)30(25-20-19-23(3)21-26(25)27)34-29(32)18-16-14-12-10-8-6-2/h19-22H,5-18H2,1-4H3. The maximum Gasteiger partial charge on any atom is 0.311 e. The fourth-order valence-electron chi connectivity index (χ4n) is 4.27. The van der Waals surface area contributed by atoms with Gasteiger partial charge < -0.3 is 9.47 Å². The highest BCUT2D eigenvalue weighted by Crippen LogP contribution is 2.37. The lowest BCUT2D eigenvalue weighted by atomic mass is 10.0. The van der Waals surface area contributed by atoms with Gasteiger partial charge in [0.15, 0.2) is 0 Å². The zero-order valence-electron chi connectivity index (χ0n) is 21.8. The number of aryl methyl sites for hydroxylation is 2. The molecule has 0 atom stereocenters. The Morgan fingerprint density at radius 1 is 0.647 bits per heavy atom. The smallest absolute Gasteiger partial charge is 0.311 e. The first-order chi connectivity index (χ1) is 16.5. The first-order valence-corrected chi connectivity index (χ1v) is 13.4. The molecule has 0 bridgehead atoms. The van der Waals surface area contributed by atoms with E-state index in [-0.39, 0.29) is 11.9 Å². The molecule has 0 aliphatic heterocycles. The van der Waals surface area contributed by atoms with E-state index in [4.69, 9.17) is 9.47 Å². The molecule has 0 saturated heterocycles. The Kier molecular flexibility index (Phi) is 12.7. The monoisotopic (exact) mass is 468 g/mol. The van der Waals surface area contributed by atoms with Crippen molar-refractivity contribution in [1.29, 1.82) is 0 Å². The third kappa shape index (κ3) is 9.48. The molecule has 34 heavy (non-hydrogen) atoms. The summed E-state index contributed by atoms with van der Waals surface area (Å²) in [7, 11) is 0. The van der Waals surface area contributed by atoms with Gasteiger partial charge in [0, 0.05) is 23.6 Å². The van der Waals surface area contributed by atoms with Gasteiger partial charge in [0.05, 0.1) is 0 Å². The van der Waals surface area contributed by atoms with Crippen LogP contribution in [0.2, 0.25) is 0 Å². The number of ether oxygens (including phenoxy) is 2. The van der Waals surface area contributed by atoms with E-state index in [0.717, 1.165) is 47.6 Å². The third-order valence-electron chi connectivity index (χ3n) is 6.30. The Labute approximate surface area is 206 Å². The van der Waals surface area contributed by atoms with Crippen LogP contribution in [0.1, 0.15) is 115 Å². The van der Waals surface area contributed by atoms with Gasteiger partial charge in [0.1, 0.15) is 11.5 Å². The van der Waals surface area contributed by atoms with Crippen molar-refractivity contribution < 1.29 is 19.1 Å². The number of hydrogen-bond acceptors (Lipinski definition) is 4. The molecule has 0 radical (unpaired) electrons. The number of rotatable bonds is 16. The van der Waals surface area contributed by atoms with E-state index in [2.05, 4.69) is 13.8 Å². The predicted octanol–water partition coefficient (Wildman–Crippen LogP) is 8.77. The number of benzene rings is 2. The Bertz CT molecular complexity index is 916. The van der Waals surface area contributed by atoms with Crippen LogP contribution in [0.5, 0.6) is 11.5 Å². The number of hydrogen-bond donors (Lipinski definition) is 0. The van der Waals surface area contributed by atoms with Crippen LogP contribution in [0.15, 0.2) is 24.3 Å². The van der Waals surface area contributed by atoms with Crippen molar-refractivity contribution in [3.8, 4) is 11.5 Å². The van der Waals surface area contributed by atoms with Crippen molar-refractivity contribution in [2.24, 2.45) is 0 Å². The van der Waals surface area contributed by atoms with Crippen LogP contribution in [0.4, 0.5) is 0 Å². The van der Waals surface area contributed by atoms with Gasteiger partial charge in [0.2, 0.25) is 0 Å². The second-order valence-electron chi connectivity index (χ2n) is 9.55. The highest BCUT2D eigenvalue weighted by molar-refractivity contribution is 5.97. The summed E-state index contributed by atoms with van der Waals surface area (Å²) >= 11 is 0. The molecule has 0 heterocycles. The molecule has 2 aromatic rings. The molecule has 2 rings (SSSR count). The van der Waals surface area contributed by atoms with Crippen molar-refractivity contribution in [2.45, 2.75) is 118 Å². The number of carbonyl (C=O) groups excluding carboxylic acids is 2. The zero-order valence-corrected chi connectivity index (χ0v) is 21.8. The maximum absolute atomic E-state index is 12.5. The summed E-state index contributed by atoms with van der Waals surface area (Å²) in [6, 6.07) is 7.77. The van der Waals surface area contributed by atoms with E-state index >= 15 is 0 Å². The van der Waals surface area contributed by atoms with Crippen molar-refractivity contribution in [2.75, 3.05) is 0 Å². The summed E-state index contributed by atoms with van der Waals surface area (Å²) in [5, 5.41) is 1.62. The zero-order chi connectivity index (χ0) is 24.8. The lowest BCUT2D eigenvalue weighted by Crippen LogP contribution is -2.11. The van der Waals surface area contributed by atoms with Crippen LogP contribution in [-0.4, -0.2) is 11.9 Å². The van der Waals surface area contributed by atoms with E-state index in [1.165, 1.54) is 51.4 Å². The topological polar surface area (TPSA) is 52.6 Å². The maximum atomic E-state index is 12.5. The fraction of sp³-hybridized carbons (Fsp3) is 0.600. The molecule has 188 valence electrons. The molecular formula is C30H44O4. The molecule has 0 amide bonds. The molecule has 4 nitrogen and oxygen atoms in total. The molecule has 0 aromatic heterocycles. The van der Waals surface area contributed by atoms with Crippen LogP contribution in [0.25, 0.3) is 10.8 Å². The highest BCUT2D eigenvalue weighted by atomic mass is 16.5. The van der Waals surface area contributed by atoms with Crippen molar-refractivity contribution >= 4 is 22.7 Å². The van der Waals surface area contributed by atoms with E-state index in [1.807, 2.05) is 38.1 Å². The largest absolute Gasteiger partial charge is 0.426 e. The summed E-state index contributed by atoms with van der Waals surface area (Å²) in [5.41, 5.74) is 1.86. The number of esters is 2. The number of fused-ring (bicyclic) bond motifs is 1. The minimum Gasteiger partial charge on any atom is -0.426 e. The molecule has 4 heteroatoms. The highest BCUT2D eigenvalue weighted by Gasteiger charge is 2.17. The summed E-state index contributed by atoms with van der Waals surface area (Å²) in [6.07, 6.45) is 14.4. The molecular weight excluding hydrogens is 424 g/mol. The van der Waals surface area contributed by atoms with Crippen molar-refractivity contribution in [1.82, 2.24) is 0 Å². The lowest BCUT2D eigenvalue weighted by molar-refractivity contribution is -0.135. The van der Waals surface area contributed by atoms with E-state index in [9.17, 15) is 9.59 Å². The van der Waals surface area contributed by atoms with E-state index < -0.39 is 0 Å². The Balaban J connectivity index is 2.03. The fourth-order valence-corrected chi connectivity index (χ4v) is 4.27. The van der Waals surface area contributed by atoms with E-state index in [0.29, 0.717) is 24.3 Å². The Morgan fingerprint density at radius 3 is 1.76 bits per heavy atom. The Morgan fingerprint density at radius 2 is 1.18 bits per heavy atom. The second-order valence-corrected chi connectivity index (χ2v) is 9.55. The second kappa shape index (κ2) is 15.5. The van der Waals surface area contributed by atoms with Gasteiger partial charge in [-0.3, -0.25) is 9.59 Å². The summed E-state index contributed by atoms with van der Waals surface area (Å²) < 4.78 is 11.6. The van der Waals surface area contributed by atoms with Gasteiger partial charge in [-0.05, 0) is 44.4 Å². The minimum absolute atomic E-state index is 0.201. The molecule has 0 spiro atoms. The minimum atomic E-state index is -0.203. The van der Waals surface area contributed by atoms with Crippen molar-refractivity contribution in [3.63, 3.8) is 0 Å². The predicted molar refractivity (Wildman–Crippen MR) is 141 cm³/mol. The lowest BCUT2D eigenvalue weighted by Gasteiger charge is -2.15. The van der Waals surface area contributed by atoms with Crippen LogP contribution >= 0.6 is 0 Å². The number of unbranched alkanes of at least 4 members (excludes halogenated alkanes) is 10. The molecule has 2 aromatic carbocycles. The molecule has 0 N–H and O–H groups in total. The summed E-state index contributed by atoms with van der Waals surface area (Å²) in [5.74, 6) is 0.711. The first kappa shape index (κ1) is 27.9. The van der Waals surface area contributed by atoms with Crippen LogP contribution < -0.4 is 9.47 Å². The molecule has 0 aliphatic rings. The first-order valence-electron chi connectivity index (χ1n) is 13.4. The van der Waals surface area contributed by atoms with Crippen LogP contribution in [-0.2, 0) is 9.59 Å². The summed E-state index contributed by atoms with van der Waals surface area (Å²) in [6.45, 7) is 8.31. The van der Waals surface area contributed by atoms with Crippen LogP contribution in [0, 0.1) is 13.8 Å². The SMILES string of the molecule is CCCCCCCCC(=O)Oc1cc(C)c(OC(=O)CCCCCCCC)c2ccc(C)cc12. The molecule has 0 aliphatic carbocycles. The molecule has 0 unspecified atom stereocenters. The average molecular weight is 469 g/mol. The van der Waals surface area contributed by atoms with Gasteiger partial charge in [-0.2, -0.15) is 0 Å². The quantitative estimate of drug-likeness (QED) is 0.140. The van der Waals surface area contributed by atoms with Crippen molar-refractivity contribution in [3.05, 3.63) is 35.4 Å².